The minimum atomic E-state index is -0.562. The Kier molecular flexibility index (Phi) is 6.42. The van der Waals surface area contributed by atoms with Crippen molar-refractivity contribution in [1.29, 1.82) is 0 Å². The van der Waals surface area contributed by atoms with Gasteiger partial charge in [0.05, 0.1) is 0 Å². The first-order valence-electron chi connectivity index (χ1n) is 9.47. The summed E-state index contributed by atoms with van der Waals surface area (Å²) in [4.78, 5) is 33.0. The summed E-state index contributed by atoms with van der Waals surface area (Å²) in [5, 5.41) is 2.67. The number of piperazine rings is 1. The number of amides is 2. The number of benzene rings is 1. The molecule has 1 fully saturated rings. The van der Waals surface area contributed by atoms with E-state index in [4.69, 9.17) is 4.74 Å². The molecular weight excluding hydrogens is 436 g/mol. The van der Waals surface area contributed by atoms with E-state index in [1.807, 2.05) is 17.0 Å². The molecule has 0 saturated carbocycles. The van der Waals surface area contributed by atoms with E-state index in [2.05, 4.69) is 31.1 Å². The molecule has 0 atom stereocenters. The Bertz CT molecular complexity index is 855. The quantitative estimate of drug-likeness (QED) is 0.744. The van der Waals surface area contributed by atoms with Gasteiger partial charge >= 0.3 is 6.09 Å². The molecular formula is C21H25BrN4O3. The second-order valence-corrected chi connectivity index (χ2v) is 8.73. The molecule has 2 heterocycles. The van der Waals surface area contributed by atoms with E-state index in [-0.39, 0.29) is 5.91 Å². The predicted molar refractivity (Wildman–Crippen MR) is 116 cm³/mol. The number of carbonyl (C=O) groups is 2. The highest BCUT2D eigenvalue weighted by Gasteiger charge is 2.23. The van der Waals surface area contributed by atoms with Crippen molar-refractivity contribution < 1.29 is 14.3 Å². The summed E-state index contributed by atoms with van der Waals surface area (Å²) in [6, 6.07) is 10.8. The molecule has 2 aromatic rings. The lowest BCUT2D eigenvalue weighted by molar-refractivity contribution is 0.0635. The third kappa shape index (κ3) is 5.93. The molecule has 1 aliphatic rings. The molecule has 1 saturated heterocycles. The third-order valence-electron chi connectivity index (χ3n) is 4.38. The summed E-state index contributed by atoms with van der Waals surface area (Å²) < 4.78 is 6.17. The Morgan fingerprint density at radius 2 is 1.69 bits per heavy atom. The summed E-state index contributed by atoms with van der Waals surface area (Å²) in [5.41, 5.74) is 0.616. The molecule has 0 spiro atoms. The largest absolute Gasteiger partial charge is 0.444 e. The first kappa shape index (κ1) is 21.1. The van der Waals surface area contributed by atoms with Gasteiger partial charge in [0, 0.05) is 48.1 Å². The van der Waals surface area contributed by atoms with Gasteiger partial charge in [-0.2, -0.15) is 0 Å². The van der Waals surface area contributed by atoms with Crippen molar-refractivity contribution >= 4 is 39.4 Å². The first-order valence-corrected chi connectivity index (χ1v) is 10.3. The number of anilines is 2. The molecule has 8 heteroatoms. The van der Waals surface area contributed by atoms with Gasteiger partial charge in [-0.1, -0.05) is 0 Å². The lowest BCUT2D eigenvalue weighted by Crippen LogP contribution is -2.49. The van der Waals surface area contributed by atoms with E-state index in [0.29, 0.717) is 24.3 Å². The zero-order valence-electron chi connectivity index (χ0n) is 16.8. The number of ether oxygens (including phenoxy) is 1. The Balaban J connectivity index is 1.54. The van der Waals surface area contributed by atoms with Gasteiger partial charge in [-0.3, -0.25) is 10.1 Å². The summed E-state index contributed by atoms with van der Waals surface area (Å²) in [7, 11) is 0. The number of nitrogens with one attached hydrogen (secondary N) is 1. The van der Waals surface area contributed by atoms with Crippen LogP contribution in [-0.4, -0.2) is 53.7 Å². The molecule has 2 amide bonds. The maximum atomic E-state index is 12.8. The van der Waals surface area contributed by atoms with Gasteiger partial charge in [0.25, 0.3) is 5.91 Å². The van der Waals surface area contributed by atoms with E-state index in [1.54, 1.807) is 51.2 Å². The second kappa shape index (κ2) is 8.82. The van der Waals surface area contributed by atoms with Crippen molar-refractivity contribution in [2.24, 2.45) is 0 Å². The highest BCUT2D eigenvalue weighted by Crippen LogP contribution is 2.18. The number of halogens is 1. The molecule has 0 aliphatic carbocycles. The van der Waals surface area contributed by atoms with Crippen molar-refractivity contribution in [3.8, 4) is 0 Å². The molecule has 0 bridgehead atoms. The van der Waals surface area contributed by atoms with Gasteiger partial charge < -0.3 is 14.5 Å². The Hall–Kier alpha value is -2.61. The average Bonchev–Trinajstić information content (AvgIpc) is 2.67. The number of aromatic nitrogens is 1. The van der Waals surface area contributed by atoms with Gasteiger partial charge in [-0.15, -0.1) is 0 Å². The molecule has 1 N–H and O–H groups in total. The topological polar surface area (TPSA) is 74.8 Å². The number of pyridine rings is 1. The summed E-state index contributed by atoms with van der Waals surface area (Å²) in [6.07, 6.45) is 1.26. The molecule has 29 heavy (non-hydrogen) atoms. The average molecular weight is 461 g/mol. The van der Waals surface area contributed by atoms with Crippen LogP contribution in [0.5, 0.6) is 0 Å². The smallest absolute Gasteiger partial charge is 0.412 e. The van der Waals surface area contributed by atoms with E-state index >= 15 is 0 Å². The Labute approximate surface area is 179 Å². The molecule has 7 nitrogen and oxygen atoms in total. The van der Waals surface area contributed by atoms with Crippen LogP contribution in [0.25, 0.3) is 0 Å². The van der Waals surface area contributed by atoms with Gasteiger partial charge in [-0.25, -0.2) is 9.78 Å². The molecule has 0 radical (unpaired) electrons. The summed E-state index contributed by atoms with van der Waals surface area (Å²) in [5.74, 6) is 0.898. The van der Waals surface area contributed by atoms with Gasteiger partial charge in [0.15, 0.2) is 0 Å². The van der Waals surface area contributed by atoms with Crippen molar-refractivity contribution in [2.45, 2.75) is 26.4 Å². The lowest BCUT2D eigenvalue weighted by Gasteiger charge is -2.35. The lowest BCUT2D eigenvalue weighted by atomic mass is 10.1. The normalized spacial score (nSPS) is 14.5. The van der Waals surface area contributed by atoms with Crippen LogP contribution in [0.3, 0.4) is 0 Å². The SMILES string of the molecule is CC(C)(C)OC(=O)Nc1ccc(C(=O)N2CCN(c3ccc(Br)cn3)CC2)cc1. The molecule has 154 valence electrons. The third-order valence-corrected chi connectivity index (χ3v) is 4.85. The van der Waals surface area contributed by atoms with Crippen LogP contribution in [0.4, 0.5) is 16.3 Å². The van der Waals surface area contributed by atoms with Crippen LogP contribution in [-0.2, 0) is 4.74 Å². The van der Waals surface area contributed by atoms with Gasteiger partial charge in [0.2, 0.25) is 0 Å². The fourth-order valence-corrected chi connectivity index (χ4v) is 3.23. The Morgan fingerprint density at radius 3 is 2.24 bits per heavy atom. The highest BCUT2D eigenvalue weighted by molar-refractivity contribution is 9.10. The molecule has 1 aromatic carbocycles. The number of rotatable bonds is 3. The van der Waals surface area contributed by atoms with Crippen LogP contribution in [0.1, 0.15) is 31.1 Å². The van der Waals surface area contributed by atoms with Crippen molar-refractivity contribution in [2.75, 3.05) is 36.4 Å². The minimum absolute atomic E-state index is 0.0165. The van der Waals surface area contributed by atoms with E-state index in [9.17, 15) is 9.59 Å². The monoisotopic (exact) mass is 460 g/mol. The number of hydrogen-bond acceptors (Lipinski definition) is 5. The van der Waals surface area contributed by atoms with E-state index in [0.717, 1.165) is 23.4 Å². The fraction of sp³-hybridized carbons (Fsp3) is 0.381. The zero-order chi connectivity index (χ0) is 21.0. The molecule has 0 unspecified atom stereocenters. The van der Waals surface area contributed by atoms with E-state index in [1.165, 1.54) is 0 Å². The summed E-state index contributed by atoms with van der Waals surface area (Å²) in [6.45, 7) is 8.16. The predicted octanol–water partition coefficient (Wildman–Crippen LogP) is 4.15. The molecule has 1 aromatic heterocycles. The first-order chi connectivity index (χ1) is 13.7. The minimum Gasteiger partial charge on any atom is -0.444 e. The van der Waals surface area contributed by atoms with Crippen molar-refractivity contribution in [3.63, 3.8) is 0 Å². The van der Waals surface area contributed by atoms with Gasteiger partial charge in [0.1, 0.15) is 11.4 Å². The van der Waals surface area contributed by atoms with Crippen molar-refractivity contribution in [1.82, 2.24) is 9.88 Å². The highest BCUT2D eigenvalue weighted by atomic mass is 79.9. The fourth-order valence-electron chi connectivity index (χ4n) is 2.99. The number of nitrogens with zero attached hydrogens (tertiary/aromatic N) is 3. The van der Waals surface area contributed by atoms with Crippen LogP contribution in [0.2, 0.25) is 0 Å². The molecule has 3 rings (SSSR count). The maximum absolute atomic E-state index is 12.8. The number of carbonyl (C=O) groups excluding carboxylic acids is 2. The number of hydrogen-bond donors (Lipinski definition) is 1. The van der Waals surface area contributed by atoms with Crippen LogP contribution < -0.4 is 10.2 Å². The van der Waals surface area contributed by atoms with Crippen molar-refractivity contribution in [3.05, 3.63) is 52.6 Å². The standard InChI is InChI=1S/C21H25BrN4O3/c1-21(2,3)29-20(28)24-17-7-4-15(5-8-17)19(27)26-12-10-25(11-13-26)18-9-6-16(22)14-23-18/h4-9,14H,10-13H2,1-3H3,(H,24,28). The van der Waals surface area contributed by atoms with Crippen LogP contribution in [0, 0.1) is 0 Å². The summed E-state index contributed by atoms with van der Waals surface area (Å²) >= 11 is 3.39. The van der Waals surface area contributed by atoms with Gasteiger partial charge in [-0.05, 0) is 73.1 Å². The molecule has 1 aliphatic heterocycles. The van der Waals surface area contributed by atoms with E-state index < -0.39 is 11.7 Å². The Morgan fingerprint density at radius 1 is 1.03 bits per heavy atom. The second-order valence-electron chi connectivity index (χ2n) is 7.82. The van der Waals surface area contributed by atoms with Crippen LogP contribution in [0.15, 0.2) is 47.1 Å². The zero-order valence-corrected chi connectivity index (χ0v) is 18.4. The van der Waals surface area contributed by atoms with Crippen LogP contribution >= 0.6 is 15.9 Å². The maximum Gasteiger partial charge on any atom is 0.412 e.